The average molecular weight is 308 g/mol. The van der Waals surface area contributed by atoms with E-state index in [0.717, 1.165) is 9.39 Å². The number of fused-ring (bicyclic) bond motifs is 1. The Morgan fingerprint density at radius 3 is 3.07 bits per heavy atom. The molecule has 0 bridgehead atoms. The van der Waals surface area contributed by atoms with Gasteiger partial charge in [0.25, 0.3) is 0 Å². The van der Waals surface area contributed by atoms with Crippen LogP contribution < -0.4 is 0 Å². The largest absolute Gasteiger partial charge is 0.465 e. The lowest BCUT2D eigenvalue weighted by atomic mass is 10.2. The van der Waals surface area contributed by atoms with E-state index in [1.54, 1.807) is 4.68 Å². The van der Waals surface area contributed by atoms with Crippen molar-refractivity contribution >= 4 is 28.7 Å². The van der Waals surface area contributed by atoms with Gasteiger partial charge < -0.3 is 5.11 Å². The third-order valence-electron chi connectivity index (χ3n) is 2.33. The van der Waals surface area contributed by atoms with Gasteiger partial charge in [0.2, 0.25) is 0 Å². The Balaban J connectivity index is 2.33. The molecule has 1 unspecified atom stereocenters. The molecule has 14 heavy (non-hydrogen) atoms. The van der Waals surface area contributed by atoms with Gasteiger partial charge in [0.05, 0.1) is 24.8 Å². The molecule has 0 aromatic carbocycles. The van der Waals surface area contributed by atoms with Gasteiger partial charge in [0.1, 0.15) is 3.70 Å². The van der Waals surface area contributed by atoms with Crippen molar-refractivity contribution in [3.63, 3.8) is 0 Å². The van der Waals surface area contributed by atoms with Gasteiger partial charge in [0, 0.05) is 0 Å². The molecule has 0 fully saturated rings. The van der Waals surface area contributed by atoms with Crippen LogP contribution in [0.15, 0.2) is 0 Å². The Kier molecular flexibility index (Phi) is 2.33. The highest BCUT2D eigenvalue weighted by atomic mass is 127. The van der Waals surface area contributed by atoms with Crippen molar-refractivity contribution in [1.29, 1.82) is 0 Å². The molecule has 0 saturated carbocycles. The van der Waals surface area contributed by atoms with E-state index in [-0.39, 0.29) is 6.04 Å². The first-order chi connectivity index (χ1) is 6.59. The lowest BCUT2D eigenvalue weighted by Crippen LogP contribution is -2.44. The summed E-state index contributed by atoms with van der Waals surface area (Å²) in [6.45, 7) is 2.82. The number of carbonyl (C=O) groups is 1. The summed E-state index contributed by atoms with van der Waals surface area (Å²) in [4.78, 5) is 12.3. The molecule has 2 rings (SSSR count). The van der Waals surface area contributed by atoms with Gasteiger partial charge >= 0.3 is 6.09 Å². The van der Waals surface area contributed by atoms with E-state index in [1.165, 1.54) is 4.90 Å². The lowest BCUT2D eigenvalue weighted by Gasteiger charge is -2.31. The summed E-state index contributed by atoms with van der Waals surface area (Å²) in [6.07, 6.45) is -0.888. The van der Waals surface area contributed by atoms with Crippen molar-refractivity contribution < 1.29 is 9.90 Å². The summed E-state index contributed by atoms with van der Waals surface area (Å²) in [5.41, 5.74) is 0.881. The fourth-order valence-electron chi connectivity index (χ4n) is 1.53. The van der Waals surface area contributed by atoms with Crippen LogP contribution in [-0.4, -0.2) is 37.1 Å². The number of carboxylic acid groups (broad SMARTS) is 1. The van der Waals surface area contributed by atoms with Gasteiger partial charge in [0.15, 0.2) is 0 Å². The zero-order valence-corrected chi connectivity index (χ0v) is 9.67. The predicted molar refractivity (Wildman–Crippen MR) is 55.8 cm³/mol. The van der Waals surface area contributed by atoms with E-state index in [2.05, 4.69) is 32.9 Å². The summed E-state index contributed by atoms with van der Waals surface area (Å²) in [5.74, 6) is 0. The second-order valence-corrected chi connectivity index (χ2v) is 4.29. The first-order valence-corrected chi connectivity index (χ1v) is 5.25. The molecule has 2 heterocycles. The molecule has 76 valence electrons. The smallest absolute Gasteiger partial charge is 0.407 e. The maximum absolute atomic E-state index is 10.9. The zero-order chi connectivity index (χ0) is 10.3. The van der Waals surface area contributed by atoms with Gasteiger partial charge in [-0.15, -0.1) is 5.10 Å². The van der Waals surface area contributed by atoms with Crippen LogP contribution in [0, 0.1) is 3.70 Å². The number of rotatable bonds is 0. The van der Waals surface area contributed by atoms with E-state index >= 15 is 0 Å². The third kappa shape index (κ3) is 1.45. The Bertz CT molecular complexity index is 378. The van der Waals surface area contributed by atoms with Crippen LogP contribution in [0.4, 0.5) is 4.79 Å². The van der Waals surface area contributed by atoms with Crippen LogP contribution >= 0.6 is 22.6 Å². The number of nitrogens with zero attached hydrogens (tertiary/aromatic N) is 4. The molecule has 1 N–H and O–H groups in total. The van der Waals surface area contributed by atoms with Gasteiger partial charge in [-0.05, 0) is 29.5 Å². The fraction of sp³-hybridized carbons (Fsp3) is 0.571. The normalized spacial score (nSPS) is 20.7. The average Bonchev–Trinajstić information content (AvgIpc) is 2.46. The van der Waals surface area contributed by atoms with Crippen LogP contribution in [0.5, 0.6) is 0 Å². The number of aromatic nitrogens is 3. The maximum Gasteiger partial charge on any atom is 0.407 e. The number of amides is 1. The number of hydrogen-bond acceptors (Lipinski definition) is 3. The molecule has 6 nitrogen and oxygen atoms in total. The second-order valence-electron chi connectivity index (χ2n) is 3.27. The molecule has 1 aromatic heterocycles. The van der Waals surface area contributed by atoms with E-state index < -0.39 is 6.09 Å². The molecule has 1 aliphatic rings. The van der Waals surface area contributed by atoms with E-state index in [1.807, 2.05) is 6.92 Å². The minimum atomic E-state index is -0.888. The first kappa shape index (κ1) is 9.69. The van der Waals surface area contributed by atoms with Crippen LogP contribution in [0.1, 0.15) is 12.6 Å². The monoisotopic (exact) mass is 308 g/mol. The molecular formula is C7H9IN4O2. The minimum absolute atomic E-state index is 0.0440. The molecule has 0 spiro atoms. The Labute approximate surface area is 94.0 Å². The molecule has 7 heteroatoms. The molecule has 0 aliphatic carbocycles. The van der Waals surface area contributed by atoms with Crippen molar-refractivity contribution in [3.8, 4) is 0 Å². The highest BCUT2D eigenvalue weighted by molar-refractivity contribution is 14.1. The molecule has 1 aliphatic heterocycles. The highest BCUT2D eigenvalue weighted by Crippen LogP contribution is 2.19. The fourth-order valence-corrected chi connectivity index (χ4v) is 2.07. The molecule has 0 saturated heterocycles. The maximum atomic E-state index is 10.9. The quantitative estimate of drug-likeness (QED) is 0.719. The molecule has 1 amide bonds. The number of halogens is 1. The van der Waals surface area contributed by atoms with Gasteiger partial charge in [-0.1, -0.05) is 5.21 Å². The Morgan fingerprint density at radius 2 is 2.43 bits per heavy atom. The summed E-state index contributed by atoms with van der Waals surface area (Å²) in [5, 5.41) is 16.8. The van der Waals surface area contributed by atoms with Crippen LogP contribution in [0.25, 0.3) is 0 Å². The summed E-state index contributed by atoms with van der Waals surface area (Å²) >= 11 is 2.06. The Hall–Kier alpha value is -0.860. The lowest BCUT2D eigenvalue weighted by molar-refractivity contribution is 0.105. The summed E-state index contributed by atoms with van der Waals surface area (Å²) in [6, 6.07) is -0.0440. The van der Waals surface area contributed by atoms with Gasteiger partial charge in [-0.3, -0.25) is 4.90 Å². The summed E-state index contributed by atoms with van der Waals surface area (Å²) < 4.78 is 2.55. The van der Waals surface area contributed by atoms with Crippen LogP contribution in [-0.2, 0) is 13.1 Å². The van der Waals surface area contributed by atoms with Gasteiger partial charge in [-0.25, -0.2) is 9.48 Å². The van der Waals surface area contributed by atoms with Crippen LogP contribution in [0.2, 0.25) is 0 Å². The predicted octanol–water partition coefficient (Wildman–Crippen LogP) is 0.765. The Morgan fingerprint density at radius 1 is 1.71 bits per heavy atom. The summed E-state index contributed by atoms with van der Waals surface area (Å²) in [7, 11) is 0. The number of hydrogen-bond donors (Lipinski definition) is 1. The molecule has 1 aromatic rings. The topological polar surface area (TPSA) is 71.2 Å². The first-order valence-electron chi connectivity index (χ1n) is 4.17. The second kappa shape index (κ2) is 3.37. The van der Waals surface area contributed by atoms with Crippen molar-refractivity contribution in [2.45, 2.75) is 26.1 Å². The van der Waals surface area contributed by atoms with Crippen molar-refractivity contribution in [3.05, 3.63) is 9.39 Å². The van der Waals surface area contributed by atoms with Crippen molar-refractivity contribution in [2.75, 3.05) is 0 Å². The standard InChI is InChI=1S/C7H9IN4O2/c1-4-2-12-5(6(8)9-10-12)3-11(4)7(13)14/h4H,2-3H2,1H3,(H,13,14). The molecular weight excluding hydrogens is 299 g/mol. The minimum Gasteiger partial charge on any atom is -0.465 e. The third-order valence-corrected chi connectivity index (χ3v) is 3.16. The van der Waals surface area contributed by atoms with Crippen LogP contribution in [0.3, 0.4) is 0 Å². The van der Waals surface area contributed by atoms with E-state index in [0.29, 0.717) is 13.1 Å². The SMILES string of the molecule is CC1Cn2nnc(I)c2CN1C(=O)O. The highest BCUT2D eigenvalue weighted by Gasteiger charge is 2.29. The van der Waals surface area contributed by atoms with E-state index in [9.17, 15) is 4.79 Å². The molecule has 1 atom stereocenters. The van der Waals surface area contributed by atoms with Crippen molar-refractivity contribution in [1.82, 2.24) is 19.9 Å². The van der Waals surface area contributed by atoms with Crippen molar-refractivity contribution in [2.24, 2.45) is 0 Å². The van der Waals surface area contributed by atoms with E-state index in [4.69, 9.17) is 5.11 Å². The zero-order valence-electron chi connectivity index (χ0n) is 7.51. The molecule has 0 radical (unpaired) electrons. The van der Waals surface area contributed by atoms with Gasteiger partial charge in [-0.2, -0.15) is 0 Å².